The molecule has 1 heterocycles. The molecular formula is C23H30N4OS. The molecule has 0 bridgehead atoms. The monoisotopic (exact) mass is 410 g/mol. The fourth-order valence-electron chi connectivity index (χ4n) is 3.17. The van der Waals surface area contributed by atoms with Gasteiger partial charge in [-0.25, -0.2) is 4.98 Å². The van der Waals surface area contributed by atoms with Crippen molar-refractivity contribution >= 4 is 22.2 Å². The maximum absolute atomic E-state index is 5.41. The third-order valence-electron chi connectivity index (χ3n) is 4.60. The van der Waals surface area contributed by atoms with Crippen LogP contribution in [0.5, 0.6) is 5.75 Å². The zero-order chi connectivity index (χ0) is 20.8. The number of anilines is 2. The minimum Gasteiger partial charge on any atom is -0.497 e. The lowest BCUT2D eigenvalue weighted by Crippen LogP contribution is -2.22. The van der Waals surface area contributed by atoms with Crippen LogP contribution in [0, 0.1) is 0 Å². The van der Waals surface area contributed by atoms with Crippen LogP contribution in [0.1, 0.15) is 16.8 Å². The first kappa shape index (κ1) is 21.1. The third kappa shape index (κ3) is 5.95. The van der Waals surface area contributed by atoms with E-state index in [2.05, 4.69) is 84.7 Å². The molecule has 0 amide bonds. The molecule has 0 fully saturated rings. The number of hydrogen-bond donors (Lipinski definition) is 0. The first-order valence-electron chi connectivity index (χ1n) is 9.68. The van der Waals surface area contributed by atoms with Crippen LogP contribution in [0.3, 0.4) is 0 Å². The fourth-order valence-corrected chi connectivity index (χ4v) is 3.99. The van der Waals surface area contributed by atoms with Gasteiger partial charge in [0.1, 0.15) is 5.75 Å². The van der Waals surface area contributed by atoms with E-state index in [1.54, 1.807) is 18.4 Å². The Hall–Kier alpha value is -2.57. The molecule has 0 unspecified atom stereocenters. The number of methoxy groups -OCH3 is 1. The Kier molecular flexibility index (Phi) is 7.12. The summed E-state index contributed by atoms with van der Waals surface area (Å²) in [4.78, 5) is 11.5. The smallest absolute Gasteiger partial charge is 0.186 e. The van der Waals surface area contributed by atoms with E-state index in [0.717, 1.165) is 36.2 Å². The van der Waals surface area contributed by atoms with Crippen LogP contribution in [-0.4, -0.2) is 45.2 Å². The van der Waals surface area contributed by atoms with Crippen LogP contribution in [0.25, 0.3) is 0 Å². The fraction of sp³-hybridized carbons (Fsp3) is 0.348. The molecule has 0 saturated carbocycles. The van der Waals surface area contributed by atoms with Gasteiger partial charge in [-0.1, -0.05) is 24.3 Å². The van der Waals surface area contributed by atoms with Crippen LogP contribution in [0.2, 0.25) is 0 Å². The van der Waals surface area contributed by atoms with E-state index in [4.69, 9.17) is 9.72 Å². The first-order valence-corrected chi connectivity index (χ1v) is 10.6. The number of hydrogen-bond acceptors (Lipinski definition) is 6. The van der Waals surface area contributed by atoms with Gasteiger partial charge in [0.05, 0.1) is 12.8 Å². The maximum Gasteiger partial charge on any atom is 0.186 e. The normalized spacial score (nSPS) is 11.0. The molecule has 0 N–H and O–H groups in total. The van der Waals surface area contributed by atoms with Crippen molar-refractivity contribution < 1.29 is 4.74 Å². The average molecular weight is 411 g/mol. The predicted molar refractivity (Wildman–Crippen MR) is 123 cm³/mol. The van der Waals surface area contributed by atoms with Crippen molar-refractivity contribution in [1.82, 2.24) is 9.88 Å². The molecule has 0 aliphatic heterocycles. The number of nitrogens with zero attached hydrogens (tertiary/aromatic N) is 4. The van der Waals surface area contributed by atoms with Crippen molar-refractivity contribution in [3.05, 3.63) is 70.7 Å². The molecule has 0 spiro atoms. The lowest BCUT2D eigenvalue weighted by atomic mass is 10.1. The Morgan fingerprint density at radius 2 is 1.59 bits per heavy atom. The Bertz CT molecular complexity index is 923. The van der Waals surface area contributed by atoms with E-state index in [1.807, 2.05) is 12.1 Å². The van der Waals surface area contributed by atoms with Gasteiger partial charge in [0.25, 0.3) is 0 Å². The molecule has 0 saturated heterocycles. The van der Waals surface area contributed by atoms with Gasteiger partial charge in [-0.15, -0.1) is 11.3 Å². The van der Waals surface area contributed by atoms with Gasteiger partial charge < -0.3 is 19.4 Å². The molecule has 0 atom stereocenters. The zero-order valence-corrected chi connectivity index (χ0v) is 18.7. The number of ether oxygens (including phenoxy) is 1. The molecule has 6 heteroatoms. The first-order chi connectivity index (χ1) is 13.9. The van der Waals surface area contributed by atoms with Gasteiger partial charge in [0.2, 0.25) is 0 Å². The van der Waals surface area contributed by atoms with Crippen LogP contribution >= 0.6 is 11.3 Å². The quantitative estimate of drug-likeness (QED) is 0.519. The summed E-state index contributed by atoms with van der Waals surface area (Å²) >= 11 is 1.71. The molecule has 5 nitrogen and oxygen atoms in total. The minimum absolute atomic E-state index is 0.776. The summed E-state index contributed by atoms with van der Waals surface area (Å²) in [5.74, 6) is 0.879. The van der Waals surface area contributed by atoms with Crippen LogP contribution < -0.4 is 14.5 Å². The largest absolute Gasteiger partial charge is 0.497 e. The van der Waals surface area contributed by atoms with Gasteiger partial charge in [0.15, 0.2) is 5.13 Å². The number of rotatable bonds is 9. The molecule has 0 aliphatic rings. The van der Waals surface area contributed by atoms with Gasteiger partial charge in [-0.3, -0.25) is 0 Å². The summed E-state index contributed by atoms with van der Waals surface area (Å²) < 4.78 is 5.41. The predicted octanol–water partition coefficient (Wildman–Crippen LogP) is 4.49. The second-order valence-electron chi connectivity index (χ2n) is 7.63. The van der Waals surface area contributed by atoms with E-state index >= 15 is 0 Å². The summed E-state index contributed by atoms with van der Waals surface area (Å²) in [7, 11) is 9.99. The number of thiazole rings is 1. The van der Waals surface area contributed by atoms with Crippen molar-refractivity contribution in [2.24, 2.45) is 0 Å². The summed E-state index contributed by atoms with van der Waals surface area (Å²) in [5.41, 5.74) is 4.78. The topological polar surface area (TPSA) is 31.8 Å². The van der Waals surface area contributed by atoms with Gasteiger partial charge in [0, 0.05) is 44.8 Å². The zero-order valence-electron chi connectivity index (χ0n) is 17.9. The Labute approximate surface area is 178 Å². The van der Waals surface area contributed by atoms with Gasteiger partial charge in [-0.05, 0) is 49.5 Å². The molecule has 154 valence electrons. The average Bonchev–Trinajstić information content (AvgIpc) is 3.15. The second kappa shape index (κ2) is 9.76. The molecular weight excluding hydrogens is 380 g/mol. The Morgan fingerprint density at radius 3 is 2.24 bits per heavy atom. The van der Waals surface area contributed by atoms with Crippen molar-refractivity contribution in [3.63, 3.8) is 0 Å². The molecule has 2 aromatic carbocycles. The lowest BCUT2D eigenvalue weighted by Gasteiger charge is -2.23. The van der Waals surface area contributed by atoms with Gasteiger partial charge in [-0.2, -0.15) is 0 Å². The van der Waals surface area contributed by atoms with E-state index in [9.17, 15) is 0 Å². The van der Waals surface area contributed by atoms with E-state index in [-0.39, 0.29) is 0 Å². The van der Waals surface area contributed by atoms with E-state index < -0.39 is 0 Å². The Balaban J connectivity index is 1.88. The summed E-state index contributed by atoms with van der Waals surface area (Å²) in [6, 6.07) is 16.9. The third-order valence-corrected chi connectivity index (χ3v) is 5.55. The van der Waals surface area contributed by atoms with Gasteiger partial charge >= 0.3 is 0 Å². The highest BCUT2D eigenvalue weighted by Crippen LogP contribution is 2.27. The van der Waals surface area contributed by atoms with Crippen LogP contribution in [0.15, 0.2) is 53.9 Å². The highest BCUT2D eigenvalue weighted by atomic mass is 32.1. The van der Waals surface area contributed by atoms with Crippen molar-refractivity contribution in [2.45, 2.75) is 19.6 Å². The molecule has 29 heavy (non-hydrogen) atoms. The molecule has 3 rings (SSSR count). The van der Waals surface area contributed by atoms with Crippen molar-refractivity contribution in [3.8, 4) is 5.75 Å². The molecule has 3 aromatic rings. The van der Waals surface area contributed by atoms with Crippen LogP contribution in [-0.2, 0) is 19.6 Å². The maximum atomic E-state index is 5.41. The van der Waals surface area contributed by atoms with E-state index in [1.165, 1.54) is 16.8 Å². The SMILES string of the molecule is COc1cccc(CN(Cc2cccc(N(C)C)c2)c2nc(CN(C)C)cs2)c1. The second-order valence-corrected chi connectivity index (χ2v) is 8.47. The van der Waals surface area contributed by atoms with E-state index in [0.29, 0.717) is 0 Å². The van der Waals surface area contributed by atoms with Crippen molar-refractivity contribution in [2.75, 3.05) is 45.1 Å². The molecule has 1 aromatic heterocycles. The highest BCUT2D eigenvalue weighted by molar-refractivity contribution is 7.13. The molecule has 0 radical (unpaired) electrons. The summed E-state index contributed by atoms with van der Waals surface area (Å²) in [5, 5.41) is 3.20. The standard InChI is InChI=1S/C23H30N4OS/c1-25(2)16-20-17-29-23(24-20)27(15-19-9-7-11-22(13-19)28-5)14-18-8-6-10-21(12-18)26(3)4/h6-13,17H,14-16H2,1-5H3. The Morgan fingerprint density at radius 1 is 0.897 bits per heavy atom. The van der Waals surface area contributed by atoms with Crippen molar-refractivity contribution in [1.29, 1.82) is 0 Å². The number of benzene rings is 2. The summed E-state index contributed by atoms with van der Waals surface area (Å²) in [6.07, 6.45) is 0. The molecule has 0 aliphatic carbocycles. The minimum atomic E-state index is 0.776. The number of aromatic nitrogens is 1. The van der Waals surface area contributed by atoms with Crippen LogP contribution in [0.4, 0.5) is 10.8 Å². The lowest BCUT2D eigenvalue weighted by molar-refractivity contribution is 0.398. The highest BCUT2D eigenvalue weighted by Gasteiger charge is 2.14. The summed E-state index contributed by atoms with van der Waals surface area (Å²) in [6.45, 7) is 2.42.